The van der Waals surface area contributed by atoms with Crippen LogP contribution in [0.25, 0.3) is 0 Å². The summed E-state index contributed by atoms with van der Waals surface area (Å²) in [6.07, 6.45) is 1.62. The molecule has 0 aliphatic rings. The third-order valence-corrected chi connectivity index (χ3v) is 5.82. The first-order chi connectivity index (χ1) is 14.9. The molecule has 178 valence electrons. The van der Waals surface area contributed by atoms with E-state index in [0.29, 0.717) is 19.8 Å². The van der Waals surface area contributed by atoms with E-state index in [-0.39, 0.29) is 17.8 Å². The SMILES string of the molecule is CC(C)(C)COc1ccc(CCOCOCCc2ccc(OC(C)(C)C)cc2Br)c(Br)c1. The Hall–Kier alpha value is -1.08. The van der Waals surface area contributed by atoms with Gasteiger partial charge in [0.2, 0.25) is 0 Å². The fourth-order valence-corrected chi connectivity index (χ4v) is 3.92. The summed E-state index contributed by atoms with van der Waals surface area (Å²) in [5.41, 5.74) is 2.30. The third-order valence-electron chi connectivity index (χ3n) is 4.34. The van der Waals surface area contributed by atoms with Gasteiger partial charge in [0.05, 0.1) is 19.8 Å². The molecule has 0 unspecified atom stereocenters. The van der Waals surface area contributed by atoms with Gasteiger partial charge in [-0.3, -0.25) is 0 Å². The van der Waals surface area contributed by atoms with E-state index in [1.54, 1.807) is 0 Å². The van der Waals surface area contributed by atoms with E-state index >= 15 is 0 Å². The lowest BCUT2D eigenvalue weighted by Crippen LogP contribution is -2.22. The predicted octanol–water partition coefficient (Wildman–Crippen LogP) is 7.59. The van der Waals surface area contributed by atoms with Gasteiger partial charge in [-0.2, -0.15) is 0 Å². The first-order valence-corrected chi connectivity index (χ1v) is 12.6. The van der Waals surface area contributed by atoms with Gasteiger partial charge in [-0.1, -0.05) is 64.8 Å². The molecule has 0 N–H and O–H groups in total. The van der Waals surface area contributed by atoms with Crippen molar-refractivity contribution in [3.63, 3.8) is 0 Å². The Labute approximate surface area is 210 Å². The normalized spacial score (nSPS) is 12.1. The molecule has 32 heavy (non-hydrogen) atoms. The molecule has 0 atom stereocenters. The largest absolute Gasteiger partial charge is 0.493 e. The van der Waals surface area contributed by atoms with Crippen molar-refractivity contribution in [2.24, 2.45) is 5.41 Å². The molecule has 6 heteroatoms. The summed E-state index contributed by atoms with van der Waals surface area (Å²) in [7, 11) is 0. The van der Waals surface area contributed by atoms with E-state index in [9.17, 15) is 0 Å². The molecule has 0 aliphatic carbocycles. The topological polar surface area (TPSA) is 36.9 Å². The minimum atomic E-state index is -0.209. The molecule has 2 aromatic rings. The molecule has 4 nitrogen and oxygen atoms in total. The summed E-state index contributed by atoms with van der Waals surface area (Å²) in [6.45, 7) is 14.8. The lowest BCUT2D eigenvalue weighted by atomic mass is 9.99. The zero-order valence-corrected chi connectivity index (χ0v) is 23.3. The minimum Gasteiger partial charge on any atom is -0.493 e. The summed E-state index contributed by atoms with van der Waals surface area (Å²) in [6, 6.07) is 12.2. The second-order valence-electron chi connectivity index (χ2n) is 10.0. The van der Waals surface area contributed by atoms with E-state index in [2.05, 4.69) is 64.8 Å². The molecule has 2 rings (SSSR count). The van der Waals surface area contributed by atoms with Crippen LogP contribution in [0.15, 0.2) is 45.3 Å². The van der Waals surface area contributed by atoms with E-state index in [0.717, 1.165) is 33.3 Å². The Morgan fingerprint density at radius 1 is 0.719 bits per heavy atom. The first-order valence-electron chi connectivity index (χ1n) is 11.0. The van der Waals surface area contributed by atoms with Gasteiger partial charge in [0.25, 0.3) is 0 Å². The highest BCUT2D eigenvalue weighted by molar-refractivity contribution is 9.10. The van der Waals surface area contributed by atoms with Gasteiger partial charge >= 0.3 is 0 Å². The van der Waals surface area contributed by atoms with Gasteiger partial charge < -0.3 is 18.9 Å². The number of benzene rings is 2. The second kappa shape index (κ2) is 12.4. The molecular weight excluding hydrogens is 536 g/mol. The zero-order chi connectivity index (χ0) is 23.8. The Kier molecular flexibility index (Phi) is 10.5. The van der Waals surface area contributed by atoms with Crippen molar-refractivity contribution in [1.29, 1.82) is 0 Å². The fraction of sp³-hybridized carbons (Fsp3) is 0.538. The number of hydrogen-bond acceptors (Lipinski definition) is 4. The summed E-state index contributed by atoms with van der Waals surface area (Å²) >= 11 is 7.26. The fourth-order valence-electron chi connectivity index (χ4n) is 2.81. The predicted molar refractivity (Wildman–Crippen MR) is 138 cm³/mol. The first kappa shape index (κ1) is 27.2. The smallest absolute Gasteiger partial charge is 0.146 e. The third kappa shape index (κ3) is 10.7. The molecular formula is C26H36Br2O4. The van der Waals surface area contributed by atoms with Crippen LogP contribution in [0.3, 0.4) is 0 Å². The molecule has 0 aliphatic heterocycles. The van der Waals surface area contributed by atoms with Crippen molar-refractivity contribution in [2.45, 2.75) is 60.0 Å². The van der Waals surface area contributed by atoms with Crippen LogP contribution in [0.2, 0.25) is 0 Å². The van der Waals surface area contributed by atoms with E-state index in [4.69, 9.17) is 18.9 Å². The molecule has 0 bridgehead atoms. The minimum absolute atomic E-state index is 0.138. The summed E-state index contributed by atoms with van der Waals surface area (Å²) in [5.74, 6) is 1.74. The maximum absolute atomic E-state index is 5.89. The number of halogens is 2. The number of hydrogen-bond donors (Lipinski definition) is 0. The van der Waals surface area contributed by atoms with Crippen LogP contribution < -0.4 is 9.47 Å². The maximum atomic E-state index is 5.89. The average Bonchev–Trinajstić information content (AvgIpc) is 2.66. The Morgan fingerprint density at radius 2 is 1.22 bits per heavy atom. The van der Waals surface area contributed by atoms with Crippen LogP contribution in [0, 0.1) is 5.41 Å². The monoisotopic (exact) mass is 570 g/mol. The molecule has 0 saturated carbocycles. The van der Waals surface area contributed by atoms with Crippen LogP contribution in [0.5, 0.6) is 11.5 Å². The maximum Gasteiger partial charge on any atom is 0.146 e. The zero-order valence-electron chi connectivity index (χ0n) is 20.1. The van der Waals surface area contributed by atoms with Crippen molar-refractivity contribution in [2.75, 3.05) is 26.6 Å². The van der Waals surface area contributed by atoms with Crippen molar-refractivity contribution in [3.05, 3.63) is 56.5 Å². The molecule has 0 fully saturated rings. The van der Waals surface area contributed by atoms with Gasteiger partial charge in [0.1, 0.15) is 23.9 Å². The Morgan fingerprint density at radius 3 is 1.69 bits per heavy atom. The summed E-state index contributed by atoms with van der Waals surface area (Å²) in [4.78, 5) is 0. The van der Waals surface area contributed by atoms with Gasteiger partial charge in [-0.05, 0) is 74.4 Å². The Balaban J connectivity index is 1.65. The van der Waals surface area contributed by atoms with E-state index in [1.165, 1.54) is 11.1 Å². The van der Waals surface area contributed by atoms with E-state index in [1.807, 2.05) is 45.0 Å². The quantitative estimate of drug-likeness (QED) is 0.206. The van der Waals surface area contributed by atoms with Crippen LogP contribution in [0.4, 0.5) is 0 Å². The van der Waals surface area contributed by atoms with Gasteiger partial charge in [-0.25, -0.2) is 0 Å². The van der Waals surface area contributed by atoms with Crippen LogP contribution >= 0.6 is 31.9 Å². The molecule has 0 amide bonds. The van der Waals surface area contributed by atoms with E-state index < -0.39 is 0 Å². The highest BCUT2D eigenvalue weighted by Gasteiger charge is 2.13. The van der Waals surface area contributed by atoms with Crippen LogP contribution in [-0.2, 0) is 22.3 Å². The number of rotatable bonds is 11. The van der Waals surface area contributed by atoms with Crippen molar-refractivity contribution in [1.82, 2.24) is 0 Å². The lowest BCUT2D eigenvalue weighted by Gasteiger charge is -2.21. The standard InChI is InChI=1S/C26H36Br2O4/c1-25(2,3)17-31-21-9-7-19(23(27)15-21)11-13-29-18-30-14-12-20-8-10-22(16-24(20)28)32-26(4,5)6/h7-10,15-16H,11-14,17-18H2,1-6H3. The molecule has 0 saturated heterocycles. The molecule has 0 heterocycles. The van der Waals surface area contributed by atoms with Crippen molar-refractivity contribution in [3.8, 4) is 11.5 Å². The second-order valence-corrected chi connectivity index (χ2v) is 11.7. The van der Waals surface area contributed by atoms with Gasteiger partial charge in [-0.15, -0.1) is 0 Å². The Bertz CT molecular complexity index is 854. The van der Waals surface area contributed by atoms with Gasteiger partial charge in [0, 0.05) is 8.95 Å². The summed E-state index contributed by atoms with van der Waals surface area (Å²) in [5, 5.41) is 0. The molecule has 0 spiro atoms. The van der Waals surface area contributed by atoms with Crippen LogP contribution in [-0.4, -0.2) is 32.2 Å². The average molecular weight is 572 g/mol. The molecule has 0 radical (unpaired) electrons. The highest BCUT2D eigenvalue weighted by atomic mass is 79.9. The van der Waals surface area contributed by atoms with Crippen molar-refractivity contribution >= 4 is 31.9 Å². The van der Waals surface area contributed by atoms with Gasteiger partial charge in [0.15, 0.2) is 0 Å². The molecule has 0 aromatic heterocycles. The molecule has 2 aromatic carbocycles. The highest BCUT2D eigenvalue weighted by Crippen LogP contribution is 2.27. The van der Waals surface area contributed by atoms with Crippen molar-refractivity contribution < 1.29 is 18.9 Å². The lowest BCUT2D eigenvalue weighted by molar-refractivity contribution is -0.0516. The number of ether oxygens (including phenoxy) is 4. The summed E-state index contributed by atoms with van der Waals surface area (Å²) < 4.78 is 25.1. The van der Waals surface area contributed by atoms with Crippen LogP contribution in [0.1, 0.15) is 52.7 Å².